The minimum atomic E-state index is -0.275. The van der Waals surface area contributed by atoms with Gasteiger partial charge in [0.25, 0.3) is 5.91 Å². The Kier molecular flexibility index (Phi) is 4.06. The first-order chi connectivity index (χ1) is 10.2. The van der Waals surface area contributed by atoms with Gasteiger partial charge in [-0.3, -0.25) is 4.79 Å². The zero-order chi connectivity index (χ0) is 14.7. The molecule has 0 saturated heterocycles. The van der Waals surface area contributed by atoms with Crippen molar-refractivity contribution in [1.82, 2.24) is 5.32 Å². The van der Waals surface area contributed by atoms with Crippen LogP contribution in [-0.4, -0.2) is 23.7 Å². The van der Waals surface area contributed by atoms with Crippen molar-refractivity contribution in [3.8, 4) is 11.1 Å². The Morgan fingerprint density at radius 1 is 1.29 bits per heavy atom. The zero-order valence-electron chi connectivity index (χ0n) is 11.8. The third kappa shape index (κ3) is 3.16. The molecule has 4 nitrogen and oxygen atoms in total. The molecule has 0 bridgehead atoms. The molecule has 1 aromatic heterocycles. The van der Waals surface area contributed by atoms with Crippen molar-refractivity contribution in [1.29, 1.82) is 0 Å². The molecule has 0 spiro atoms. The van der Waals surface area contributed by atoms with E-state index in [-0.39, 0.29) is 17.9 Å². The minimum absolute atomic E-state index is 0.0977. The standard InChI is InChI=1S/C17H19NO3/c19-16-6-2-5-14(16)10-18-17(20)13-4-1-3-12(9-13)15-7-8-21-11-15/h1,3-4,7-9,11,14,16,19H,2,5-6,10H2,(H,18,20). The molecule has 1 saturated carbocycles. The van der Waals surface area contributed by atoms with Crippen LogP contribution in [0.3, 0.4) is 0 Å². The maximum absolute atomic E-state index is 12.2. The summed E-state index contributed by atoms with van der Waals surface area (Å²) in [4.78, 5) is 12.2. The van der Waals surface area contributed by atoms with E-state index in [0.29, 0.717) is 12.1 Å². The molecule has 3 rings (SSSR count). The first-order valence-corrected chi connectivity index (χ1v) is 7.33. The van der Waals surface area contributed by atoms with Gasteiger partial charge in [0.2, 0.25) is 0 Å². The first kappa shape index (κ1) is 13.9. The summed E-state index contributed by atoms with van der Waals surface area (Å²) < 4.78 is 5.07. The summed E-state index contributed by atoms with van der Waals surface area (Å²) in [6.45, 7) is 0.538. The van der Waals surface area contributed by atoms with Crippen molar-refractivity contribution in [3.63, 3.8) is 0 Å². The van der Waals surface area contributed by atoms with Crippen molar-refractivity contribution in [2.45, 2.75) is 25.4 Å². The molecule has 1 aromatic carbocycles. The molecule has 2 atom stereocenters. The summed E-state index contributed by atoms with van der Waals surface area (Å²) in [5.41, 5.74) is 2.54. The van der Waals surface area contributed by atoms with E-state index >= 15 is 0 Å². The van der Waals surface area contributed by atoms with Crippen LogP contribution in [0.2, 0.25) is 0 Å². The number of hydrogen-bond donors (Lipinski definition) is 2. The van der Waals surface area contributed by atoms with Gasteiger partial charge in [0.15, 0.2) is 0 Å². The Hall–Kier alpha value is -2.07. The van der Waals surface area contributed by atoms with Crippen molar-refractivity contribution < 1.29 is 14.3 Å². The van der Waals surface area contributed by atoms with Gasteiger partial charge in [-0.05, 0) is 36.6 Å². The third-order valence-corrected chi connectivity index (χ3v) is 4.12. The summed E-state index contributed by atoms with van der Waals surface area (Å²) in [6, 6.07) is 9.32. The lowest BCUT2D eigenvalue weighted by Gasteiger charge is -2.15. The average molecular weight is 285 g/mol. The number of aliphatic hydroxyl groups is 1. The van der Waals surface area contributed by atoms with E-state index in [9.17, 15) is 9.90 Å². The highest BCUT2D eigenvalue weighted by atomic mass is 16.3. The van der Waals surface area contributed by atoms with Crippen LogP contribution in [0, 0.1) is 5.92 Å². The number of benzene rings is 1. The average Bonchev–Trinajstić information content (AvgIpc) is 3.16. The minimum Gasteiger partial charge on any atom is -0.472 e. The predicted molar refractivity (Wildman–Crippen MR) is 79.8 cm³/mol. The van der Waals surface area contributed by atoms with E-state index in [2.05, 4.69) is 5.32 Å². The highest BCUT2D eigenvalue weighted by molar-refractivity contribution is 5.95. The maximum atomic E-state index is 12.2. The summed E-state index contributed by atoms with van der Waals surface area (Å²) in [7, 11) is 0. The fourth-order valence-electron chi connectivity index (χ4n) is 2.85. The Bertz CT molecular complexity index is 606. The largest absolute Gasteiger partial charge is 0.472 e. The van der Waals surface area contributed by atoms with Gasteiger partial charge in [-0.15, -0.1) is 0 Å². The van der Waals surface area contributed by atoms with E-state index in [1.807, 2.05) is 24.3 Å². The predicted octanol–water partition coefficient (Wildman–Crippen LogP) is 2.84. The number of carbonyl (C=O) groups excluding carboxylic acids is 1. The lowest BCUT2D eigenvalue weighted by molar-refractivity contribution is 0.0917. The normalized spacial score (nSPS) is 21.4. The van der Waals surface area contributed by atoms with Crippen molar-refractivity contribution in [2.75, 3.05) is 6.54 Å². The SMILES string of the molecule is O=C(NCC1CCCC1O)c1cccc(-c2ccoc2)c1. The Morgan fingerprint density at radius 3 is 2.90 bits per heavy atom. The number of rotatable bonds is 4. The van der Waals surface area contributed by atoms with Crippen LogP contribution in [-0.2, 0) is 0 Å². The molecular weight excluding hydrogens is 266 g/mol. The van der Waals surface area contributed by atoms with Crippen molar-refractivity contribution >= 4 is 5.91 Å². The van der Waals surface area contributed by atoms with Crippen LogP contribution in [0.5, 0.6) is 0 Å². The Labute approximate surface area is 123 Å². The molecular formula is C17H19NO3. The van der Waals surface area contributed by atoms with Crippen molar-refractivity contribution in [2.24, 2.45) is 5.92 Å². The number of furan rings is 1. The van der Waals surface area contributed by atoms with Gasteiger partial charge in [-0.25, -0.2) is 0 Å². The molecule has 1 fully saturated rings. The molecule has 4 heteroatoms. The van der Waals surface area contributed by atoms with Gasteiger partial charge < -0.3 is 14.8 Å². The molecule has 0 radical (unpaired) electrons. The molecule has 21 heavy (non-hydrogen) atoms. The van der Waals surface area contributed by atoms with E-state index in [4.69, 9.17) is 4.42 Å². The number of hydrogen-bond acceptors (Lipinski definition) is 3. The van der Waals surface area contributed by atoms with Gasteiger partial charge >= 0.3 is 0 Å². The fraction of sp³-hybridized carbons (Fsp3) is 0.353. The van der Waals surface area contributed by atoms with Gasteiger partial charge in [-0.1, -0.05) is 18.6 Å². The van der Waals surface area contributed by atoms with E-state index in [1.165, 1.54) is 0 Å². The third-order valence-electron chi connectivity index (χ3n) is 4.12. The summed E-state index contributed by atoms with van der Waals surface area (Å²) in [6.07, 6.45) is 5.86. The van der Waals surface area contributed by atoms with E-state index < -0.39 is 0 Å². The summed E-state index contributed by atoms with van der Waals surface area (Å²) >= 11 is 0. The monoisotopic (exact) mass is 285 g/mol. The maximum Gasteiger partial charge on any atom is 0.251 e. The number of amides is 1. The molecule has 2 N–H and O–H groups in total. The second-order valence-corrected chi connectivity index (χ2v) is 5.56. The molecule has 1 amide bonds. The van der Waals surface area contributed by atoms with Gasteiger partial charge in [0.05, 0.1) is 18.6 Å². The second kappa shape index (κ2) is 6.14. The second-order valence-electron chi connectivity index (χ2n) is 5.56. The molecule has 0 aliphatic heterocycles. The lowest BCUT2D eigenvalue weighted by atomic mass is 10.0. The van der Waals surface area contributed by atoms with Crippen molar-refractivity contribution in [3.05, 3.63) is 48.4 Å². The molecule has 1 heterocycles. The number of nitrogens with one attached hydrogen (secondary N) is 1. The van der Waals surface area contributed by atoms with Crippen LogP contribution in [0.25, 0.3) is 11.1 Å². The quantitative estimate of drug-likeness (QED) is 0.908. The number of carbonyl (C=O) groups is 1. The zero-order valence-corrected chi connectivity index (χ0v) is 11.8. The highest BCUT2D eigenvalue weighted by Crippen LogP contribution is 2.25. The van der Waals surface area contributed by atoms with Crippen LogP contribution < -0.4 is 5.32 Å². The van der Waals surface area contributed by atoms with Crippen LogP contribution in [0.4, 0.5) is 0 Å². The summed E-state index contributed by atoms with van der Waals surface area (Å²) in [5.74, 6) is 0.0884. The van der Waals surface area contributed by atoms with Gasteiger partial charge in [0, 0.05) is 23.6 Å². The fourth-order valence-corrected chi connectivity index (χ4v) is 2.85. The van der Waals surface area contributed by atoms with Crippen LogP contribution in [0.15, 0.2) is 47.3 Å². The molecule has 2 unspecified atom stereocenters. The molecule has 2 aromatic rings. The Morgan fingerprint density at radius 2 is 2.19 bits per heavy atom. The molecule has 110 valence electrons. The number of aliphatic hydroxyl groups excluding tert-OH is 1. The van der Waals surface area contributed by atoms with E-state index in [1.54, 1.807) is 18.6 Å². The van der Waals surface area contributed by atoms with Crippen LogP contribution >= 0.6 is 0 Å². The van der Waals surface area contributed by atoms with Gasteiger partial charge in [0.1, 0.15) is 0 Å². The van der Waals surface area contributed by atoms with E-state index in [0.717, 1.165) is 30.4 Å². The molecule has 1 aliphatic carbocycles. The summed E-state index contributed by atoms with van der Waals surface area (Å²) in [5, 5.41) is 12.7. The lowest BCUT2D eigenvalue weighted by Crippen LogP contribution is -2.32. The smallest absolute Gasteiger partial charge is 0.251 e. The highest BCUT2D eigenvalue weighted by Gasteiger charge is 2.25. The molecule has 1 aliphatic rings. The Balaban J connectivity index is 1.66. The first-order valence-electron chi connectivity index (χ1n) is 7.33. The topological polar surface area (TPSA) is 62.5 Å². The van der Waals surface area contributed by atoms with Crippen LogP contribution in [0.1, 0.15) is 29.6 Å². The van der Waals surface area contributed by atoms with Gasteiger partial charge in [-0.2, -0.15) is 0 Å².